The van der Waals surface area contributed by atoms with Crippen molar-refractivity contribution in [3.63, 3.8) is 0 Å². The number of hydrogen-bond donors (Lipinski definition) is 1. The van der Waals surface area contributed by atoms with Crippen molar-refractivity contribution in [3.05, 3.63) is 54.3 Å². The molecule has 4 aromatic rings. The second-order valence-corrected chi connectivity index (χ2v) is 6.21. The summed E-state index contributed by atoms with van der Waals surface area (Å²) in [5.74, 6) is -0.368. The molecular formula is C20H21FN6. The molecule has 1 N–H and O–H groups in total. The third-order valence-electron chi connectivity index (χ3n) is 4.40. The Kier molecular flexibility index (Phi) is 4.27. The largest absolute Gasteiger partial charge is 0.345 e. The minimum atomic E-state index is -0.368. The number of pyridine rings is 1. The maximum absolute atomic E-state index is 14.6. The van der Waals surface area contributed by atoms with E-state index in [9.17, 15) is 4.39 Å². The van der Waals surface area contributed by atoms with E-state index in [1.807, 2.05) is 45.5 Å². The summed E-state index contributed by atoms with van der Waals surface area (Å²) in [6, 6.07) is 1.50. The molecule has 0 aliphatic carbocycles. The summed E-state index contributed by atoms with van der Waals surface area (Å²) >= 11 is 0. The zero-order valence-electron chi connectivity index (χ0n) is 15.4. The van der Waals surface area contributed by atoms with E-state index in [1.54, 1.807) is 10.6 Å². The highest BCUT2D eigenvalue weighted by Gasteiger charge is 2.17. The van der Waals surface area contributed by atoms with Gasteiger partial charge in [0.1, 0.15) is 12.0 Å². The maximum Gasteiger partial charge on any atom is 0.173 e. The summed E-state index contributed by atoms with van der Waals surface area (Å²) in [5.41, 5.74) is 4.99. The number of allylic oxidation sites excluding steroid dienone is 2. The number of fused-ring (bicyclic) bond motifs is 2. The SMILES string of the molecule is C/C=C(\C=NCC)c1ncnc2[nH]cc(-c3cc(F)c4nc(C)cn4c3)c12.[HH]. The lowest BCUT2D eigenvalue weighted by Gasteiger charge is -2.07. The molecule has 0 fully saturated rings. The molecule has 0 unspecified atom stereocenters. The first-order valence-electron chi connectivity index (χ1n) is 8.76. The van der Waals surface area contributed by atoms with Crippen LogP contribution in [0.25, 0.3) is 33.4 Å². The van der Waals surface area contributed by atoms with Gasteiger partial charge in [0.25, 0.3) is 0 Å². The smallest absolute Gasteiger partial charge is 0.173 e. The van der Waals surface area contributed by atoms with Crippen molar-refractivity contribution in [1.29, 1.82) is 0 Å². The average Bonchev–Trinajstić information content (AvgIpc) is 3.25. The van der Waals surface area contributed by atoms with Crippen LogP contribution in [0.3, 0.4) is 0 Å². The molecule has 6 nitrogen and oxygen atoms in total. The monoisotopic (exact) mass is 364 g/mol. The van der Waals surface area contributed by atoms with Gasteiger partial charge >= 0.3 is 0 Å². The molecule has 0 aromatic carbocycles. The number of nitrogens with one attached hydrogen (secondary N) is 1. The van der Waals surface area contributed by atoms with Crippen LogP contribution in [0.5, 0.6) is 0 Å². The fourth-order valence-electron chi connectivity index (χ4n) is 3.20. The van der Waals surface area contributed by atoms with E-state index in [4.69, 9.17) is 0 Å². The minimum absolute atomic E-state index is 0. The van der Waals surface area contributed by atoms with Gasteiger partial charge in [-0.25, -0.2) is 19.3 Å². The highest BCUT2D eigenvalue weighted by atomic mass is 19.1. The number of hydrogen-bond acceptors (Lipinski definition) is 4. The van der Waals surface area contributed by atoms with E-state index in [2.05, 4.69) is 24.9 Å². The van der Waals surface area contributed by atoms with Gasteiger partial charge in [0.2, 0.25) is 0 Å². The van der Waals surface area contributed by atoms with Crippen LogP contribution >= 0.6 is 0 Å². The van der Waals surface area contributed by atoms with Crippen molar-refractivity contribution < 1.29 is 5.82 Å². The summed E-state index contributed by atoms with van der Waals surface area (Å²) in [5, 5.41) is 0.837. The Morgan fingerprint density at radius 1 is 1.37 bits per heavy atom. The van der Waals surface area contributed by atoms with E-state index in [0.29, 0.717) is 17.8 Å². The first-order chi connectivity index (χ1) is 13.1. The molecule has 4 rings (SSSR count). The van der Waals surface area contributed by atoms with E-state index in [0.717, 1.165) is 33.5 Å². The topological polar surface area (TPSA) is 71.2 Å². The molecule has 0 amide bonds. The predicted molar refractivity (Wildman–Crippen MR) is 108 cm³/mol. The molecule has 0 saturated carbocycles. The number of aliphatic imine (C=N–C) groups is 1. The van der Waals surface area contributed by atoms with Gasteiger partial charge in [-0.3, -0.25) is 4.99 Å². The molecule has 7 heteroatoms. The molecule has 0 radical (unpaired) electrons. The molecule has 0 atom stereocenters. The Morgan fingerprint density at radius 3 is 3.00 bits per heavy atom. The summed E-state index contributed by atoms with van der Waals surface area (Å²) < 4.78 is 16.3. The zero-order valence-corrected chi connectivity index (χ0v) is 15.4. The second-order valence-electron chi connectivity index (χ2n) is 6.21. The lowest BCUT2D eigenvalue weighted by atomic mass is 10.0. The first kappa shape index (κ1) is 17.1. The number of rotatable bonds is 4. The summed E-state index contributed by atoms with van der Waals surface area (Å²) in [6.07, 6.45) is 10.8. The van der Waals surface area contributed by atoms with Crippen LogP contribution in [-0.2, 0) is 0 Å². The summed E-state index contributed by atoms with van der Waals surface area (Å²) in [7, 11) is 0. The van der Waals surface area contributed by atoms with Crippen LogP contribution in [0.15, 0.2) is 42.1 Å². The van der Waals surface area contributed by atoms with Crippen LogP contribution in [-0.4, -0.2) is 37.1 Å². The lowest BCUT2D eigenvalue weighted by Crippen LogP contribution is -1.96. The van der Waals surface area contributed by atoms with E-state index in [1.165, 1.54) is 12.4 Å². The normalized spacial score (nSPS) is 12.7. The Bertz CT molecular complexity index is 1200. The predicted octanol–water partition coefficient (Wildman–Crippen LogP) is 4.46. The second kappa shape index (κ2) is 6.75. The van der Waals surface area contributed by atoms with E-state index in [-0.39, 0.29) is 7.24 Å². The fraction of sp³-hybridized carbons (Fsp3) is 0.200. The van der Waals surface area contributed by atoms with Crippen LogP contribution < -0.4 is 0 Å². The number of aromatic nitrogens is 5. The van der Waals surface area contributed by atoms with Crippen molar-refractivity contribution in [2.24, 2.45) is 4.99 Å². The van der Waals surface area contributed by atoms with E-state index < -0.39 is 0 Å². The van der Waals surface area contributed by atoms with Gasteiger partial charge in [0.05, 0.1) is 16.8 Å². The minimum Gasteiger partial charge on any atom is -0.345 e. The molecule has 0 bridgehead atoms. The van der Waals surface area contributed by atoms with Gasteiger partial charge in [-0.15, -0.1) is 0 Å². The van der Waals surface area contributed by atoms with Crippen LogP contribution in [0.1, 0.15) is 26.7 Å². The number of aromatic amines is 1. The highest BCUT2D eigenvalue weighted by molar-refractivity contribution is 6.15. The van der Waals surface area contributed by atoms with Gasteiger partial charge in [-0.2, -0.15) is 0 Å². The molecule has 0 aliphatic rings. The molecule has 0 saturated heterocycles. The van der Waals surface area contributed by atoms with Crippen molar-refractivity contribution >= 4 is 28.5 Å². The Morgan fingerprint density at radius 2 is 2.22 bits per heavy atom. The van der Waals surface area contributed by atoms with Gasteiger partial charge in [-0.1, -0.05) is 6.08 Å². The molecule has 138 valence electrons. The molecule has 27 heavy (non-hydrogen) atoms. The first-order valence-corrected chi connectivity index (χ1v) is 8.76. The Labute approximate surface area is 157 Å². The standard InChI is InChI=1S/C20H19FN6.H2/c1-4-13(7-22-5-2)18-17-15(8-23-19(17)25-11-24-18)14-6-16(21)20-26-12(3)9-27(20)10-14;/h4,6-11H,5H2,1-3H3,(H,23,24,25);1H/b13-4+,22-7?;. The van der Waals surface area contributed by atoms with Crippen molar-refractivity contribution in [2.45, 2.75) is 20.8 Å². The molecule has 0 aliphatic heterocycles. The van der Waals surface area contributed by atoms with Crippen LogP contribution in [0.2, 0.25) is 0 Å². The summed E-state index contributed by atoms with van der Waals surface area (Å²) in [6.45, 7) is 6.45. The number of H-pyrrole nitrogens is 1. The quantitative estimate of drug-likeness (QED) is 0.544. The fourth-order valence-corrected chi connectivity index (χ4v) is 3.20. The summed E-state index contributed by atoms with van der Waals surface area (Å²) in [4.78, 5) is 20.5. The molecule has 0 spiro atoms. The number of imidazole rings is 1. The van der Waals surface area contributed by atoms with Gasteiger partial charge in [0.15, 0.2) is 11.5 Å². The Hall–Kier alpha value is -3.35. The number of nitrogens with zero attached hydrogens (tertiary/aromatic N) is 5. The molecule has 4 heterocycles. The van der Waals surface area contributed by atoms with E-state index >= 15 is 0 Å². The number of aryl methyl sites for hydroxylation is 1. The van der Waals surface area contributed by atoms with Gasteiger partial charge < -0.3 is 9.38 Å². The molecular weight excluding hydrogens is 343 g/mol. The Balaban J connectivity index is 0.00000225. The van der Waals surface area contributed by atoms with Crippen LogP contribution in [0, 0.1) is 12.7 Å². The van der Waals surface area contributed by atoms with Crippen molar-refractivity contribution in [1.82, 2.24) is 24.3 Å². The van der Waals surface area contributed by atoms with Gasteiger partial charge in [0, 0.05) is 49.5 Å². The van der Waals surface area contributed by atoms with Crippen molar-refractivity contribution in [3.8, 4) is 11.1 Å². The lowest BCUT2D eigenvalue weighted by molar-refractivity contribution is 0.630. The number of halogens is 1. The third-order valence-corrected chi connectivity index (χ3v) is 4.40. The third kappa shape index (κ3) is 2.91. The average molecular weight is 364 g/mol. The van der Waals surface area contributed by atoms with Crippen molar-refractivity contribution in [2.75, 3.05) is 6.54 Å². The molecule has 4 aromatic heterocycles. The van der Waals surface area contributed by atoms with Gasteiger partial charge in [-0.05, 0) is 26.8 Å². The highest BCUT2D eigenvalue weighted by Crippen LogP contribution is 2.32. The zero-order chi connectivity index (χ0) is 19.0. The maximum atomic E-state index is 14.6. The van der Waals surface area contributed by atoms with Crippen LogP contribution in [0.4, 0.5) is 4.39 Å².